The zero-order chi connectivity index (χ0) is 17.6. The van der Waals surface area contributed by atoms with Crippen LogP contribution in [0.25, 0.3) is 0 Å². The van der Waals surface area contributed by atoms with E-state index in [0.29, 0.717) is 17.0 Å². The fraction of sp³-hybridized carbons (Fsp3) is 0.235. The monoisotopic (exact) mass is 351 g/mol. The second-order valence-electron chi connectivity index (χ2n) is 5.25. The highest BCUT2D eigenvalue weighted by Gasteiger charge is 2.15. The number of methoxy groups -OCH3 is 1. The van der Waals surface area contributed by atoms with Crippen LogP contribution >= 0.6 is 0 Å². The number of benzene rings is 2. The number of halogens is 1. The Kier molecular flexibility index (Phi) is 5.92. The van der Waals surface area contributed by atoms with Gasteiger partial charge in [0.05, 0.1) is 18.6 Å². The lowest BCUT2D eigenvalue weighted by Crippen LogP contribution is -2.18. The summed E-state index contributed by atoms with van der Waals surface area (Å²) in [5.74, 6) is -0.688. The number of ether oxygens (including phenoxy) is 1. The Morgan fingerprint density at radius 1 is 1.17 bits per heavy atom. The number of anilines is 1. The molecule has 24 heavy (non-hydrogen) atoms. The third-order valence-corrected chi connectivity index (χ3v) is 4.89. The van der Waals surface area contributed by atoms with E-state index in [-0.39, 0.29) is 17.9 Å². The van der Waals surface area contributed by atoms with Crippen LogP contribution in [0.5, 0.6) is 5.75 Å². The van der Waals surface area contributed by atoms with E-state index in [1.54, 1.807) is 24.3 Å². The van der Waals surface area contributed by atoms with Gasteiger partial charge >= 0.3 is 0 Å². The first-order valence-electron chi connectivity index (χ1n) is 7.27. The van der Waals surface area contributed by atoms with Crippen LogP contribution in [-0.2, 0) is 20.4 Å². The third-order valence-electron chi connectivity index (χ3n) is 3.29. The van der Waals surface area contributed by atoms with Crippen molar-refractivity contribution in [3.8, 4) is 5.75 Å². The maximum atomic E-state index is 12.8. The molecule has 1 amide bonds. The number of rotatable bonds is 7. The quantitative estimate of drug-likeness (QED) is 0.832. The van der Waals surface area contributed by atoms with Crippen LogP contribution < -0.4 is 10.1 Å². The van der Waals surface area contributed by atoms with Crippen LogP contribution in [0.2, 0.25) is 0 Å². The molecular formula is C17H18FNO4S. The second kappa shape index (κ2) is 7.92. The van der Waals surface area contributed by atoms with Gasteiger partial charge in [0.2, 0.25) is 5.91 Å². The van der Waals surface area contributed by atoms with Gasteiger partial charge in [0.1, 0.15) is 11.6 Å². The summed E-state index contributed by atoms with van der Waals surface area (Å²) in [6, 6.07) is 12.0. The summed E-state index contributed by atoms with van der Waals surface area (Å²) >= 11 is 0. The van der Waals surface area contributed by atoms with E-state index in [9.17, 15) is 17.6 Å². The van der Waals surface area contributed by atoms with Crippen LogP contribution in [0.3, 0.4) is 0 Å². The van der Waals surface area contributed by atoms with E-state index in [4.69, 9.17) is 4.74 Å². The summed E-state index contributed by atoms with van der Waals surface area (Å²) in [5, 5.41) is 2.53. The van der Waals surface area contributed by atoms with Gasteiger partial charge in [-0.15, -0.1) is 0 Å². The molecule has 2 aromatic rings. The summed E-state index contributed by atoms with van der Waals surface area (Å²) in [6.45, 7) is 0. The standard InChI is InChI=1S/C17H18FNO4S/c1-23-16-4-2-3-13(11-16)12-24(21,22)10-9-17(20)19-15-7-5-14(18)6-8-15/h2-8,11H,9-10,12H2,1H3,(H,19,20). The predicted octanol–water partition coefficient (Wildman–Crippen LogP) is 2.78. The van der Waals surface area contributed by atoms with Crippen molar-refractivity contribution in [2.24, 2.45) is 0 Å². The van der Waals surface area contributed by atoms with Crippen LogP contribution in [0.4, 0.5) is 10.1 Å². The molecule has 7 heteroatoms. The zero-order valence-electron chi connectivity index (χ0n) is 13.2. The van der Waals surface area contributed by atoms with Crippen molar-refractivity contribution >= 4 is 21.4 Å². The predicted molar refractivity (Wildman–Crippen MR) is 90.1 cm³/mol. The molecule has 2 aromatic carbocycles. The molecule has 0 heterocycles. The molecule has 0 aliphatic rings. The molecule has 2 rings (SSSR count). The molecule has 0 radical (unpaired) electrons. The van der Waals surface area contributed by atoms with Crippen molar-refractivity contribution in [3.63, 3.8) is 0 Å². The lowest BCUT2D eigenvalue weighted by Gasteiger charge is -2.07. The fourth-order valence-corrected chi connectivity index (χ4v) is 3.42. The van der Waals surface area contributed by atoms with E-state index in [0.717, 1.165) is 0 Å². The average molecular weight is 351 g/mol. The van der Waals surface area contributed by atoms with Crippen LogP contribution in [0.1, 0.15) is 12.0 Å². The number of hydrogen-bond acceptors (Lipinski definition) is 4. The van der Waals surface area contributed by atoms with Gasteiger partial charge in [-0.25, -0.2) is 12.8 Å². The minimum Gasteiger partial charge on any atom is -0.497 e. The van der Waals surface area contributed by atoms with E-state index in [2.05, 4.69) is 5.32 Å². The minimum atomic E-state index is -3.43. The molecule has 0 unspecified atom stereocenters. The highest BCUT2D eigenvalue weighted by molar-refractivity contribution is 7.90. The van der Waals surface area contributed by atoms with Gasteiger partial charge in [-0.3, -0.25) is 4.79 Å². The largest absolute Gasteiger partial charge is 0.497 e. The highest BCUT2D eigenvalue weighted by Crippen LogP contribution is 2.16. The van der Waals surface area contributed by atoms with E-state index in [1.165, 1.54) is 31.4 Å². The van der Waals surface area contributed by atoms with Crippen LogP contribution in [0, 0.1) is 5.82 Å². The first-order valence-corrected chi connectivity index (χ1v) is 9.09. The minimum absolute atomic E-state index is 0.159. The Labute approximate surface area is 140 Å². The summed E-state index contributed by atoms with van der Waals surface area (Å²) < 4.78 is 42.1. The molecule has 0 bridgehead atoms. The Morgan fingerprint density at radius 2 is 1.88 bits per heavy atom. The summed E-state index contributed by atoms with van der Waals surface area (Å²) in [4.78, 5) is 11.8. The summed E-state index contributed by atoms with van der Waals surface area (Å²) in [6.07, 6.45) is -0.163. The highest BCUT2D eigenvalue weighted by atomic mass is 32.2. The van der Waals surface area contributed by atoms with E-state index < -0.39 is 21.6 Å². The number of hydrogen-bond donors (Lipinski definition) is 1. The first-order chi connectivity index (χ1) is 11.4. The van der Waals surface area contributed by atoms with Crippen molar-refractivity contribution in [2.45, 2.75) is 12.2 Å². The molecule has 1 N–H and O–H groups in total. The summed E-state index contributed by atoms with van der Waals surface area (Å²) in [7, 11) is -1.92. The molecule has 0 atom stereocenters. The first kappa shape index (κ1) is 17.9. The molecule has 0 aromatic heterocycles. The number of carbonyl (C=O) groups is 1. The van der Waals surface area contributed by atoms with Gasteiger partial charge in [0, 0.05) is 12.1 Å². The number of carbonyl (C=O) groups excluding carboxylic acids is 1. The van der Waals surface area contributed by atoms with Crippen LogP contribution in [-0.4, -0.2) is 27.2 Å². The SMILES string of the molecule is COc1cccc(CS(=O)(=O)CCC(=O)Nc2ccc(F)cc2)c1. The number of nitrogens with one attached hydrogen (secondary N) is 1. The lowest BCUT2D eigenvalue weighted by atomic mass is 10.2. The smallest absolute Gasteiger partial charge is 0.225 e. The van der Waals surface area contributed by atoms with Gasteiger partial charge in [0.15, 0.2) is 9.84 Å². The average Bonchev–Trinajstić information content (AvgIpc) is 2.55. The summed E-state index contributed by atoms with van der Waals surface area (Å²) in [5.41, 5.74) is 1.03. The Bertz CT molecular complexity index is 804. The Balaban J connectivity index is 1.89. The Morgan fingerprint density at radius 3 is 2.54 bits per heavy atom. The number of amides is 1. The van der Waals surface area contributed by atoms with Crippen molar-refractivity contribution in [3.05, 3.63) is 59.9 Å². The molecule has 0 saturated heterocycles. The molecule has 0 saturated carbocycles. The van der Waals surface area contributed by atoms with Gasteiger partial charge in [-0.1, -0.05) is 12.1 Å². The van der Waals surface area contributed by atoms with E-state index >= 15 is 0 Å². The van der Waals surface area contributed by atoms with Gasteiger partial charge < -0.3 is 10.1 Å². The molecule has 0 fully saturated rings. The zero-order valence-corrected chi connectivity index (χ0v) is 14.0. The second-order valence-corrected chi connectivity index (χ2v) is 7.43. The van der Waals surface area contributed by atoms with Crippen molar-refractivity contribution in [1.29, 1.82) is 0 Å². The molecule has 0 spiro atoms. The fourth-order valence-electron chi connectivity index (χ4n) is 2.09. The maximum Gasteiger partial charge on any atom is 0.225 e. The van der Waals surface area contributed by atoms with Crippen molar-refractivity contribution in [2.75, 3.05) is 18.2 Å². The van der Waals surface area contributed by atoms with Crippen LogP contribution in [0.15, 0.2) is 48.5 Å². The van der Waals surface area contributed by atoms with Gasteiger partial charge in [-0.2, -0.15) is 0 Å². The normalized spacial score (nSPS) is 11.1. The molecule has 0 aliphatic heterocycles. The van der Waals surface area contributed by atoms with Crippen molar-refractivity contribution < 1.29 is 22.3 Å². The van der Waals surface area contributed by atoms with Gasteiger partial charge in [-0.05, 0) is 42.0 Å². The van der Waals surface area contributed by atoms with Crippen molar-refractivity contribution in [1.82, 2.24) is 0 Å². The third kappa shape index (κ3) is 5.66. The number of sulfone groups is 1. The maximum absolute atomic E-state index is 12.8. The van der Waals surface area contributed by atoms with Gasteiger partial charge in [0.25, 0.3) is 0 Å². The Hall–Kier alpha value is -2.41. The topological polar surface area (TPSA) is 72.5 Å². The lowest BCUT2D eigenvalue weighted by molar-refractivity contribution is -0.115. The van der Waals surface area contributed by atoms with E-state index in [1.807, 2.05) is 0 Å². The molecule has 5 nitrogen and oxygen atoms in total. The molecule has 128 valence electrons. The molecular weight excluding hydrogens is 333 g/mol. The molecule has 0 aliphatic carbocycles.